The molecule has 0 bridgehead atoms. The molecular weight excluding hydrogens is 390 g/mol. The summed E-state index contributed by atoms with van der Waals surface area (Å²) in [6, 6.07) is 13.2. The van der Waals surface area contributed by atoms with E-state index in [9.17, 15) is 5.11 Å². The minimum absolute atomic E-state index is 0.0558. The third-order valence-corrected chi connectivity index (χ3v) is 4.53. The van der Waals surface area contributed by atoms with Crippen LogP contribution in [0.5, 0.6) is 11.5 Å². The van der Waals surface area contributed by atoms with E-state index in [-0.39, 0.29) is 5.75 Å². The van der Waals surface area contributed by atoms with E-state index < -0.39 is 0 Å². The Morgan fingerprint density at radius 1 is 1.25 bits per heavy atom. The van der Waals surface area contributed by atoms with Gasteiger partial charge < -0.3 is 9.84 Å². The van der Waals surface area contributed by atoms with Crippen molar-refractivity contribution >= 4 is 38.6 Å². The molecule has 0 fully saturated rings. The van der Waals surface area contributed by atoms with Crippen LogP contribution in [0.2, 0.25) is 0 Å². The number of nitrogens with one attached hydrogen (secondary N) is 1. The van der Waals surface area contributed by atoms with E-state index >= 15 is 0 Å². The standard InChI is InChI=1S/C17H14BrN3O2S/c1-23-15-4-2-3-12(16(15)22)9-19-21-17-20-14(10-24-17)11-5-7-13(18)8-6-11/h2-10,22H,1H3,(H,20,21)/b19-9+. The lowest BCUT2D eigenvalue weighted by atomic mass is 10.2. The van der Waals surface area contributed by atoms with E-state index in [1.165, 1.54) is 24.7 Å². The highest BCUT2D eigenvalue weighted by atomic mass is 79.9. The molecule has 2 aromatic carbocycles. The molecule has 0 spiro atoms. The molecule has 0 aliphatic rings. The van der Waals surface area contributed by atoms with Crippen molar-refractivity contribution in [2.45, 2.75) is 0 Å². The number of thiazole rings is 1. The number of hydrogen-bond acceptors (Lipinski definition) is 6. The molecule has 0 saturated heterocycles. The first-order valence-electron chi connectivity index (χ1n) is 7.04. The number of nitrogens with zero attached hydrogens (tertiary/aromatic N) is 2. The van der Waals surface area contributed by atoms with Gasteiger partial charge in [-0.2, -0.15) is 5.10 Å². The van der Waals surface area contributed by atoms with Gasteiger partial charge in [0, 0.05) is 21.0 Å². The van der Waals surface area contributed by atoms with E-state index in [1.54, 1.807) is 18.2 Å². The minimum atomic E-state index is 0.0558. The Hall–Kier alpha value is -2.38. The molecule has 0 radical (unpaired) electrons. The van der Waals surface area contributed by atoms with Gasteiger partial charge in [0.25, 0.3) is 0 Å². The molecule has 24 heavy (non-hydrogen) atoms. The van der Waals surface area contributed by atoms with Crippen molar-refractivity contribution in [1.82, 2.24) is 4.98 Å². The van der Waals surface area contributed by atoms with Crippen molar-refractivity contribution in [3.8, 4) is 22.8 Å². The molecule has 0 saturated carbocycles. The molecule has 5 nitrogen and oxygen atoms in total. The highest BCUT2D eigenvalue weighted by Gasteiger charge is 2.06. The molecule has 122 valence electrons. The van der Waals surface area contributed by atoms with E-state index in [0.29, 0.717) is 16.4 Å². The summed E-state index contributed by atoms with van der Waals surface area (Å²) in [6.45, 7) is 0. The van der Waals surface area contributed by atoms with Crippen LogP contribution in [-0.4, -0.2) is 23.4 Å². The number of methoxy groups -OCH3 is 1. The fourth-order valence-corrected chi connectivity index (χ4v) is 2.98. The summed E-state index contributed by atoms with van der Waals surface area (Å²) in [5, 5.41) is 16.8. The highest BCUT2D eigenvalue weighted by molar-refractivity contribution is 9.10. The number of para-hydroxylation sites is 1. The molecule has 1 heterocycles. The van der Waals surface area contributed by atoms with E-state index in [0.717, 1.165) is 15.7 Å². The average molecular weight is 404 g/mol. The number of ether oxygens (including phenoxy) is 1. The van der Waals surface area contributed by atoms with E-state index in [2.05, 4.69) is 31.4 Å². The van der Waals surface area contributed by atoms with Gasteiger partial charge in [0.05, 0.1) is 19.0 Å². The van der Waals surface area contributed by atoms with Crippen LogP contribution in [0.3, 0.4) is 0 Å². The van der Waals surface area contributed by atoms with Crippen LogP contribution in [0, 0.1) is 0 Å². The Kier molecular flexibility index (Phi) is 5.12. The zero-order valence-corrected chi connectivity index (χ0v) is 15.1. The van der Waals surface area contributed by atoms with Crippen molar-refractivity contribution in [1.29, 1.82) is 0 Å². The van der Waals surface area contributed by atoms with E-state index in [4.69, 9.17) is 4.74 Å². The molecule has 7 heteroatoms. The molecular formula is C17H14BrN3O2S. The molecule has 0 aliphatic carbocycles. The number of hydrazone groups is 1. The number of benzene rings is 2. The van der Waals surface area contributed by atoms with Crippen LogP contribution < -0.4 is 10.2 Å². The fraction of sp³-hybridized carbons (Fsp3) is 0.0588. The molecule has 3 aromatic rings. The third-order valence-electron chi connectivity index (χ3n) is 3.26. The predicted octanol–water partition coefficient (Wildman–Crippen LogP) is 4.73. The van der Waals surface area contributed by atoms with E-state index in [1.807, 2.05) is 29.6 Å². The smallest absolute Gasteiger partial charge is 0.203 e. The number of aromatic hydroxyl groups is 1. The first-order valence-corrected chi connectivity index (χ1v) is 8.71. The minimum Gasteiger partial charge on any atom is -0.504 e. The lowest BCUT2D eigenvalue weighted by Crippen LogP contribution is -1.92. The fourth-order valence-electron chi connectivity index (χ4n) is 2.04. The van der Waals surface area contributed by atoms with Gasteiger partial charge in [0.1, 0.15) is 0 Å². The Morgan fingerprint density at radius 3 is 2.79 bits per heavy atom. The van der Waals surface area contributed by atoms with Crippen molar-refractivity contribution in [3.63, 3.8) is 0 Å². The highest BCUT2D eigenvalue weighted by Crippen LogP contribution is 2.28. The zero-order valence-electron chi connectivity index (χ0n) is 12.7. The maximum atomic E-state index is 10.0. The quantitative estimate of drug-likeness (QED) is 0.477. The number of phenolic OH excluding ortho intramolecular Hbond substituents is 1. The van der Waals surface area contributed by atoms with Crippen LogP contribution in [0.1, 0.15) is 5.56 Å². The Labute approximate surface area is 151 Å². The normalized spacial score (nSPS) is 10.9. The van der Waals surface area contributed by atoms with Crippen molar-refractivity contribution in [3.05, 3.63) is 57.9 Å². The zero-order chi connectivity index (χ0) is 16.9. The summed E-state index contributed by atoms with van der Waals surface area (Å²) in [5.41, 5.74) is 5.36. The lowest BCUT2D eigenvalue weighted by molar-refractivity contribution is 0.373. The van der Waals surface area contributed by atoms with Gasteiger partial charge >= 0.3 is 0 Å². The van der Waals surface area contributed by atoms with Gasteiger partial charge in [-0.15, -0.1) is 11.3 Å². The number of halogens is 1. The Balaban J connectivity index is 1.70. The molecule has 0 amide bonds. The second-order valence-corrected chi connectivity index (χ2v) is 6.59. The van der Waals surface area contributed by atoms with Crippen molar-refractivity contribution in [2.75, 3.05) is 12.5 Å². The molecule has 2 N–H and O–H groups in total. The van der Waals surface area contributed by atoms with Crippen molar-refractivity contribution < 1.29 is 9.84 Å². The number of hydrogen-bond donors (Lipinski definition) is 2. The van der Waals surface area contributed by atoms with Crippen molar-refractivity contribution in [2.24, 2.45) is 5.10 Å². The van der Waals surface area contributed by atoms with Gasteiger partial charge in [-0.3, -0.25) is 5.43 Å². The second kappa shape index (κ2) is 7.46. The van der Waals surface area contributed by atoms with Gasteiger partial charge in [0.15, 0.2) is 11.5 Å². The van der Waals surface area contributed by atoms with Crippen LogP contribution >= 0.6 is 27.3 Å². The molecule has 3 rings (SSSR count). The Bertz CT molecular complexity index is 863. The summed E-state index contributed by atoms with van der Waals surface area (Å²) in [4.78, 5) is 4.49. The monoisotopic (exact) mass is 403 g/mol. The molecule has 0 atom stereocenters. The van der Waals surface area contributed by atoms with Gasteiger partial charge in [-0.05, 0) is 24.3 Å². The van der Waals surface area contributed by atoms with Gasteiger partial charge in [-0.25, -0.2) is 4.98 Å². The van der Waals surface area contributed by atoms with Crippen LogP contribution in [0.4, 0.5) is 5.13 Å². The van der Waals surface area contributed by atoms with Crippen LogP contribution in [0.15, 0.2) is 57.4 Å². The Morgan fingerprint density at radius 2 is 2.04 bits per heavy atom. The van der Waals surface area contributed by atoms with Gasteiger partial charge in [-0.1, -0.05) is 34.1 Å². The molecule has 0 unspecified atom stereocenters. The molecule has 0 aliphatic heterocycles. The van der Waals surface area contributed by atoms with Crippen LogP contribution in [-0.2, 0) is 0 Å². The second-order valence-electron chi connectivity index (χ2n) is 4.81. The first-order chi connectivity index (χ1) is 11.7. The average Bonchev–Trinajstić information content (AvgIpc) is 3.06. The topological polar surface area (TPSA) is 66.7 Å². The lowest BCUT2D eigenvalue weighted by Gasteiger charge is -2.04. The van der Waals surface area contributed by atoms with Gasteiger partial charge in [0.2, 0.25) is 5.13 Å². The maximum Gasteiger partial charge on any atom is 0.203 e. The molecule has 1 aromatic heterocycles. The third kappa shape index (κ3) is 3.74. The SMILES string of the molecule is COc1cccc(/C=N/Nc2nc(-c3ccc(Br)cc3)cs2)c1O. The number of aromatic nitrogens is 1. The number of phenols is 1. The first kappa shape index (κ1) is 16.5. The summed E-state index contributed by atoms with van der Waals surface area (Å²) in [7, 11) is 1.51. The number of rotatable bonds is 5. The summed E-state index contributed by atoms with van der Waals surface area (Å²) >= 11 is 4.88. The summed E-state index contributed by atoms with van der Waals surface area (Å²) < 4.78 is 6.10. The number of anilines is 1. The van der Waals surface area contributed by atoms with Crippen LogP contribution in [0.25, 0.3) is 11.3 Å². The summed E-state index contributed by atoms with van der Waals surface area (Å²) in [6.07, 6.45) is 1.53. The largest absolute Gasteiger partial charge is 0.504 e. The summed E-state index contributed by atoms with van der Waals surface area (Å²) in [5.74, 6) is 0.464. The predicted molar refractivity (Wildman–Crippen MR) is 101 cm³/mol. The maximum absolute atomic E-state index is 10.0.